The van der Waals surface area contributed by atoms with E-state index in [2.05, 4.69) is 32.6 Å². The van der Waals surface area contributed by atoms with Crippen molar-refractivity contribution in [3.8, 4) is 6.07 Å². The van der Waals surface area contributed by atoms with Crippen molar-refractivity contribution in [2.45, 2.75) is 26.3 Å². The van der Waals surface area contributed by atoms with Gasteiger partial charge >= 0.3 is 0 Å². The van der Waals surface area contributed by atoms with Gasteiger partial charge in [-0.3, -0.25) is 4.79 Å². The highest BCUT2D eigenvalue weighted by Gasteiger charge is 2.26. The van der Waals surface area contributed by atoms with Gasteiger partial charge < -0.3 is 10.6 Å². The number of rotatable bonds is 4. The van der Waals surface area contributed by atoms with Crippen molar-refractivity contribution >= 4 is 27.5 Å². The molecule has 96 valence electrons. The summed E-state index contributed by atoms with van der Waals surface area (Å²) in [5.41, 5.74) is 0.288. The first kappa shape index (κ1) is 14.7. The summed E-state index contributed by atoms with van der Waals surface area (Å²) >= 11 is 3.29. The molecule has 0 aromatic heterocycles. The molecular weight excluding hydrogens is 294 g/mol. The van der Waals surface area contributed by atoms with Gasteiger partial charge in [-0.05, 0) is 38.6 Å². The summed E-state index contributed by atoms with van der Waals surface area (Å²) in [5.74, 6) is -0.164. The number of carbonyl (C=O) groups is 1. The van der Waals surface area contributed by atoms with Crippen molar-refractivity contribution in [1.29, 1.82) is 5.26 Å². The summed E-state index contributed by atoms with van der Waals surface area (Å²) < 4.78 is 0.808. The van der Waals surface area contributed by atoms with Crippen LogP contribution in [0.1, 0.15) is 26.3 Å². The first-order chi connectivity index (χ1) is 8.40. The summed E-state index contributed by atoms with van der Waals surface area (Å²) in [6, 6.07) is 7.24. The van der Waals surface area contributed by atoms with Crippen LogP contribution in [-0.2, 0) is 4.79 Å². The van der Waals surface area contributed by atoms with Crippen LogP contribution in [0, 0.1) is 11.3 Å². The van der Waals surface area contributed by atoms with E-state index in [0.717, 1.165) is 4.47 Å². The molecule has 1 amide bonds. The summed E-state index contributed by atoms with van der Waals surface area (Å²) in [6.45, 7) is 6.24. The number of hydrogen-bond donors (Lipinski definition) is 2. The number of nitrogens with zero attached hydrogens (tertiary/aromatic N) is 1. The molecular formula is C13H16BrN3O. The molecule has 0 bridgehead atoms. The first-order valence-electron chi connectivity index (χ1n) is 5.67. The molecule has 1 aromatic rings. The third-order valence-electron chi connectivity index (χ3n) is 2.54. The summed E-state index contributed by atoms with van der Waals surface area (Å²) in [5, 5.41) is 14.9. The maximum atomic E-state index is 12.1. The monoisotopic (exact) mass is 309 g/mol. The Hall–Kier alpha value is -1.38. The van der Waals surface area contributed by atoms with E-state index >= 15 is 0 Å². The fourth-order valence-electron chi connectivity index (χ4n) is 1.52. The van der Waals surface area contributed by atoms with Gasteiger partial charge in [0.25, 0.3) is 0 Å². The van der Waals surface area contributed by atoms with Crippen molar-refractivity contribution in [2.75, 3.05) is 11.9 Å². The Kier molecular flexibility index (Phi) is 4.88. The number of carbonyl (C=O) groups excluding carboxylic acids is 1. The van der Waals surface area contributed by atoms with E-state index in [1.807, 2.05) is 6.92 Å². The molecule has 1 aromatic carbocycles. The Bertz CT molecular complexity index is 491. The van der Waals surface area contributed by atoms with Crippen LogP contribution in [0.5, 0.6) is 0 Å². The minimum absolute atomic E-state index is 0.164. The molecule has 0 aliphatic rings. The molecule has 2 N–H and O–H groups in total. The predicted molar refractivity (Wildman–Crippen MR) is 75.2 cm³/mol. The van der Waals surface area contributed by atoms with E-state index in [1.165, 1.54) is 0 Å². The zero-order valence-electron chi connectivity index (χ0n) is 10.7. The Morgan fingerprint density at radius 2 is 2.17 bits per heavy atom. The normalized spacial score (nSPS) is 10.8. The van der Waals surface area contributed by atoms with E-state index in [4.69, 9.17) is 5.26 Å². The lowest BCUT2D eigenvalue weighted by Crippen LogP contribution is -2.49. The minimum Gasteiger partial charge on any atom is -0.323 e. The molecule has 18 heavy (non-hydrogen) atoms. The second-order valence-corrected chi connectivity index (χ2v) is 5.33. The lowest BCUT2D eigenvalue weighted by Gasteiger charge is -2.24. The van der Waals surface area contributed by atoms with Crippen LogP contribution < -0.4 is 10.6 Å². The Labute approximate surface area is 116 Å². The Balaban J connectivity index is 2.92. The van der Waals surface area contributed by atoms with Crippen molar-refractivity contribution in [1.82, 2.24) is 5.32 Å². The van der Waals surface area contributed by atoms with Gasteiger partial charge in [0.15, 0.2) is 0 Å². The van der Waals surface area contributed by atoms with Crippen LogP contribution in [0.2, 0.25) is 0 Å². The molecule has 0 radical (unpaired) electrons. The number of benzene rings is 1. The average molecular weight is 310 g/mol. The average Bonchev–Trinajstić information content (AvgIpc) is 2.31. The van der Waals surface area contributed by atoms with Crippen LogP contribution in [0.4, 0.5) is 5.69 Å². The predicted octanol–water partition coefficient (Wildman–Crippen LogP) is 2.65. The molecule has 0 spiro atoms. The molecule has 0 fully saturated rings. The molecule has 0 heterocycles. The number of halogens is 1. The van der Waals surface area contributed by atoms with Crippen LogP contribution in [0.3, 0.4) is 0 Å². The zero-order valence-corrected chi connectivity index (χ0v) is 12.3. The van der Waals surface area contributed by atoms with E-state index in [9.17, 15) is 4.79 Å². The van der Waals surface area contributed by atoms with Crippen LogP contribution in [0.25, 0.3) is 0 Å². The van der Waals surface area contributed by atoms with Crippen molar-refractivity contribution < 1.29 is 4.79 Å². The van der Waals surface area contributed by atoms with Gasteiger partial charge in [-0.2, -0.15) is 5.26 Å². The summed E-state index contributed by atoms with van der Waals surface area (Å²) in [4.78, 5) is 12.1. The summed E-state index contributed by atoms with van der Waals surface area (Å²) in [6.07, 6.45) is 0. The zero-order chi connectivity index (χ0) is 13.8. The van der Waals surface area contributed by atoms with Gasteiger partial charge in [-0.15, -0.1) is 0 Å². The quantitative estimate of drug-likeness (QED) is 0.898. The smallest absolute Gasteiger partial charge is 0.244 e. The largest absolute Gasteiger partial charge is 0.323 e. The van der Waals surface area contributed by atoms with Crippen molar-refractivity contribution in [2.24, 2.45) is 0 Å². The van der Waals surface area contributed by atoms with E-state index in [0.29, 0.717) is 17.8 Å². The van der Waals surface area contributed by atoms with Gasteiger partial charge in [-0.25, -0.2) is 0 Å². The number of nitrogens with one attached hydrogen (secondary N) is 2. The highest BCUT2D eigenvalue weighted by molar-refractivity contribution is 9.10. The second-order valence-electron chi connectivity index (χ2n) is 4.41. The molecule has 0 aliphatic heterocycles. The number of nitriles is 1. The molecule has 0 saturated carbocycles. The van der Waals surface area contributed by atoms with Crippen molar-refractivity contribution in [3.05, 3.63) is 28.2 Å². The number of amides is 1. The molecule has 1 rings (SSSR count). The number of likely N-dealkylation sites (N-methyl/N-ethyl adjacent to an activating group) is 1. The van der Waals surface area contributed by atoms with E-state index in [-0.39, 0.29) is 5.91 Å². The fourth-order valence-corrected chi connectivity index (χ4v) is 1.88. The highest BCUT2D eigenvalue weighted by Crippen LogP contribution is 2.21. The third kappa shape index (κ3) is 3.56. The van der Waals surface area contributed by atoms with E-state index in [1.54, 1.807) is 32.0 Å². The molecule has 0 saturated heterocycles. The van der Waals surface area contributed by atoms with E-state index < -0.39 is 5.54 Å². The van der Waals surface area contributed by atoms with Crippen molar-refractivity contribution in [3.63, 3.8) is 0 Å². The summed E-state index contributed by atoms with van der Waals surface area (Å²) in [7, 11) is 0. The molecule has 0 atom stereocenters. The molecule has 5 heteroatoms. The highest BCUT2D eigenvalue weighted by atomic mass is 79.9. The standard InChI is InChI=1S/C13H16BrN3O/c1-4-16-13(2,3)12(18)17-11-6-5-10(14)7-9(11)8-15/h5-7,16H,4H2,1-3H3,(H,17,18). The van der Waals surface area contributed by atoms with Gasteiger partial charge in [0, 0.05) is 4.47 Å². The third-order valence-corrected chi connectivity index (χ3v) is 3.03. The van der Waals surface area contributed by atoms with Gasteiger partial charge in [0.05, 0.1) is 16.8 Å². The Morgan fingerprint density at radius 3 is 2.72 bits per heavy atom. The first-order valence-corrected chi connectivity index (χ1v) is 6.46. The second kappa shape index (κ2) is 5.98. The van der Waals surface area contributed by atoms with Crippen LogP contribution in [-0.4, -0.2) is 18.0 Å². The lowest BCUT2D eigenvalue weighted by atomic mass is 10.0. The van der Waals surface area contributed by atoms with Gasteiger partial charge in [0.1, 0.15) is 6.07 Å². The molecule has 4 nitrogen and oxygen atoms in total. The van der Waals surface area contributed by atoms with Gasteiger partial charge in [-0.1, -0.05) is 22.9 Å². The maximum absolute atomic E-state index is 12.1. The molecule has 0 aliphatic carbocycles. The fraction of sp³-hybridized carbons (Fsp3) is 0.385. The number of hydrogen-bond acceptors (Lipinski definition) is 3. The SMILES string of the molecule is CCNC(C)(C)C(=O)Nc1ccc(Br)cc1C#N. The number of anilines is 1. The minimum atomic E-state index is -0.672. The Morgan fingerprint density at radius 1 is 1.50 bits per heavy atom. The maximum Gasteiger partial charge on any atom is 0.244 e. The molecule has 0 unspecified atom stereocenters. The lowest BCUT2D eigenvalue weighted by molar-refractivity contribution is -0.121. The van der Waals surface area contributed by atoms with Crippen LogP contribution >= 0.6 is 15.9 Å². The van der Waals surface area contributed by atoms with Gasteiger partial charge in [0.2, 0.25) is 5.91 Å². The van der Waals surface area contributed by atoms with Crippen LogP contribution in [0.15, 0.2) is 22.7 Å². The topological polar surface area (TPSA) is 64.9 Å².